The SMILES string of the molecule is CCN(CC(=O)Nc1ccc(OC)cc1[N+](=O)[O-])c1ccccc1. The maximum Gasteiger partial charge on any atom is 0.296 e. The number of nitrogens with zero attached hydrogens (tertiary/aromatic N) is 2. The number of nitrogens with one attached hydrogen (secondary N) is 1. The molecule has 2 aromatic rings. The van der Waals surface area contributed by atoms with Crippen molar-refractivity contribution in [2.75, 3.05) is 30.4 Å². The number of anilines is 2. The van der Waals surface area contributed by atoms with Crippen molar-refractivity contribution in [3.8, 4) is 5.75 Å². The first kappa shape index (κ1) is 17.3. The Labute approximate surface area is 140 Å². The van der Waals surface area contributed by atoms with Gasteiger partial charge < -0.3 is 15.0 Å². The van der Waals surface area contributed by atoms with Crippen LogP contribution in [0.25, 0.3) is 0 Å². The number of likely N-dealkylation sites (N-methyl/N-ethyl adjacent to an activating group) is 1. The van der Waals surface area contributed by atoms with Crippen molar-refractivity contribution in [3.63, 3.8) is 0 Å². The Kier molecular flexibility index (Phi) is 5.73. The fourth-order valence-corrected chi connectivity index (χ4v) is 2.28. The van der Waals surface area contributed by atoms with Crippen LogP contribution >= 0.6 is 0 Å². The molecular weight excluding hydrogens is 310 g/mol. The van der Waals surface area contributed by atoms with Gasteiger partial charge in [-0.3, -0.25) is 14.9 Å². The second-order valence-corrected chi connectivity index (χ2v) is 5.04. The Morgan fingerprint density at radius 1 is 1.25 bits per heavy atom. The van der Waals surface area contributed by atoms with E-state index in [1.54, 1.807) is 6.07 Å². The van der Waals surface area contributed by atoms with Crippen molar-refractivity contribution in [2.45, 2.75) is 6.92 Å². The number of rotatable bonds is 7. The van der Waals surface area contributed by atoms with Gasteiger partial charge in [-0.15, -0.1) is 0 Å². The highest BCUT2D eigenvalue weighted by molar-refractivity contribution is 5.96. The summed E-state index contributed by atoms with van der Waals surface area (Å²) in [7, 11) is 1.43. The van der Waals surface area contributed by atoms with E-state index in [4.69, 9.17) is 4.74 Å². The minimum absolute atomic E-state index is 0.101. The number of methoxy groups -OCH3 is 1. The zero-order chi connectivity index (χ0) is 17.5. The van der Waals surface area contributed by atoms with Crippen LogP contribution < -0.4 is 15.0 Å². The molecule has 0 fully saturated rings. The van der Waals surface area contributed by atoms with Gasteiger partial charge in [0.05, 0.1) is 24.6 Å². The van der Waals surface area contributed by atoms with E-state index in [9.17, 15) is 14.9 Å². The highest BCUT2D eigenvalue weighted by atomic mass is 16.6. The van der Waals surface area contributed by atoms with Crippen LogP contribution in [0.5, 0.6) is 5.75 Å². The predicted octanol–water partition coefficient (Wildman–Crippen LogP) is 3.07. The van der Waals surface area contributed by atoms with E-state index in [-0.39, 0.29) is 23.8 Å². The minimum atomic E-state index is -0.549. The minimum Gasteiger partial charge on any atom is -0.496 e. The molecule has 7 heteroatoms. The maximum atomic E-state index is 12.3. The van der Waals surface area contributed by atoms with Crippen molar-refractivity contribution in [2.24, 2.45) is 0 Å². The number of para-hydroxylation sites is 1. The molecule has 0 aliphatic carbocycles. The Bertz CT molecular complexity index is 719. The average Bonchev–Trinajstić information content (AvgIpc) is 2.60. The summed E-state index contributed by atoms with van der Waals surface area (Å²) in [5.41, 5.74) is 0.861. The van der Waals surface area contributed by atoms with Crippen molar-refractivity contribution in [1.82, 2.24) is 0 Å². The largest absolute Gasteiger partial charge is 0.496 e. The molecule has 0 saturated heterocycles. The monoisotopic (exact) mass is 329 g/mol. The number of hydrogen-bond donors (Lipinski definition) is 1. The second kappa shape index (κ2) is 7.96. The van der Waals surface area contributed by atoms with Gasteiger partial charge in [0, 0.05) is 12.2 Å². The molecule has 0 saturated carbocycles. The van der Waals surface area contributed by atoms with E-state index in [1.807, 2.05) is 42.2 Å². The Balaban J connectivity index is 2.13. The molecule has 126 valence electrons. The van der Waals surface area contributed by atoms with Crippen molar-refractivity contribution in [3.05, 3.63) is 58.6 Å². The maximum absolute atomic E-state index is 12.3. The average molecular weight is 329 g/mol. The number of carbonyl (C=O) groups is 1. The van der Waals surface area contributed by atoms with Gasteiger partial charge in [-0.1, -0.05) is 18.2 Å². The lowest BCUT2D eigenvalue weighted by atomic mass is 10.2. The lowest BCUT2D eigenvalue weighted by molar-refractivity contribution is -0.384. The second-order valence-electron chi connectivity index (χ2n) is 5.04. The van der Waals surface area contributed by atoms with Gasteiger partial charge in [0.2, 0.25) is 5.91 Å². The molecule has 1 N–H and O–H groups in total. The number of nitro groups is 1. The Morgan fingerprint density at radius 2 is 1.96 bits per heavy atom. The van der Waals surface area contributed by atoms with E-state index in [0.29, 0.717) is 12.3 Å². The summed E-state index contributed by atoms with van der Waals surface area (Å²) >= 11 is 0. The van der Waals surface area contributed by atoms with Crippen LogP contribution in [0.3, 0.4) is 0 Å². The summed E-state index contributed by atoms with van der Waals surface area (Å²) in [6.07, 6.45) is 0. The number of ether oxygens (including phenoxy) is 1. The van der Waals surface area contributed by atoms with Crippen molar-refractivity contribution >= 4 is 23.0 Å². The zero-order valence-electron chi connectivity index (χ0n) is 13.6. The fourth-order valence-electron chi connectivity index (χ4n) is 2.28. The standard InChI is InChI=1S/C17H19N3O4/c1-3-19(13-7-5-4-6-8-13)12-17(21)18-15-10-9-14(24-2)11-16(15)20(22)23/h4-11H,3,12H2,1-2H3,(H,18,21). The van der Waals surface area contributed by atoms with E-state index in [2.05, 4.69) is 5.32 Å². The predicted molar refractivity (Wildman–Crippen MR) is 92.6 cm³/mol. The molecule has 0 aromatic heterocycles. The van der Waals surface area contributed by atoms with Crippen LogP contribution in [0.15, 0.2) is 48.5 Å². The first-order chi connectivity index (χ1) is 11.5. The number of benzene rings is 2. The molecule has 2 aromatic carbocycles. The van der Waals surface area contributed by atoms with Gasteiger partial charge >= 0.3 is 0 Å². The normalized spacial score (nSPS) is 10.1. The molecule has 0 heterocycles. The lowest BCUT2D eigenvalue weighted by Gasteiger charge is -2.22. The third-order valence-corrected chi connectivity index (χ3v) is 3.51. The molecule has 1 amide bonds. The molecular formula is C17H19N3O4. The van der Waals surface area contributed by atoms with Gasteiger partial charge in [0.25, 0.3) is 5.69 Å². The van der Waals surface area contributed by atoms with Crippen LogP contribution in [-0.4, -0.2) is 31.0 Å². The molecule has 7 nitrogen and oxygen atoms in total. The highest BCUT2D eigenvalue weighted by Crippen LogP contribution is 2.29. The summed E-state index contributed by atoms with van der Waals surface area (Å²) in [5.74, 6) is 0.0353. The molecule has 0 atom stereocenters. The fraction of sp³-hybridized carbons (Fsp3) is 0.235. The van der Waals surface area contributed by atoms with Gasteiger partial charge in [0.15, 0.2) is 0 Å². The highest BCUT2D eigenvalue weighted by Gasteiger charge is 2.18. The van der Waals surface area contributed by atoms with Crippen LogP contribution in [0, 0.1) is 10.1 Å². The summed E-state index contributed by atoms with van der Waals surface area (Å²) < 4.78 is 4.98. The topological polar surface area (TPSA) is 84.7 Å². The number of carbonyl (C=O) groups excluding carboxylic acids is 1. The molecule has 0 spiro atoms. The van der Waals surface area contributed by atoms with Crippen LogP contribution in [0.4, 0.5) is 17.1 Å². The zero-order valence-corrected chi connectivity index (χ0v) is 13.6. The summed E-state index contributed by atoms with van der Waals surface area (Å²) in [6.45, 7) is 2.68. The molecule has 0 radical (unpaired) electrons. The first-order valence-corrected chi connectivity index (χ1v) is 7.47. The van der Waals surface area contributed by atoms with Gasteiger partial charge in [-0.25, -0.2) is 0 Å². The Hall–Kier alpha value is -3.09. The van der Waals surface area contributed by atoms with E-state index >= 15 is 0 Å². The van der Waals surface area contributed by atoms with E-state index in [1.165, 1.54) is 19.2 Å². The lowest BCUT2D eigenvalue weighted by Crippen LogP contribution is -2.33. The first-order valence-electron chi connectivity index (χ1n) is 7.47. The molecule has 0 bridgehead atoms. The van der Waals surface area contributed by atoms with E-state index < -0.39 is 4.92 Å². The number of hydrogen-bond acceptors (Lipinski definition) is 5. The van der Waals surface area contributed by atoms with Crippen LogP contribution in [0.1, 0.15) is 6.92 Å². The summed E-state index contributed by atoms with van der Waals surface area (Å²) in [5, 5.41) is 13.8. The smallest absolute Gasteiger partial charge is 0.296 e. The van der Waals surface area contributed by atoms with Gasteiger partial charge in [-0.05, 0) is 31.2 Å². The quantitative estimate of drug-likeness (QED) is 0.623. The molecule has 0 aliphatic heterocycles. The van der Waals surface area contributed by atoms with Crippen molar-refractivity contribution in [1.29, 1.82) is 0 Å². The number of nitro benzene ring substituents is 1. The van der Waals surface area contributed by atoms with Crippen molar-refractivity contribution < 1.29 is 14.5 Å². The summed E-state index contributed by atoms with van der Waals surface area (Å²) in [4.78, 5) is 24.8. The van der Waals surface area contributed by atoms with Crippen LogP contribution in [0.2, 0.25) is 0 Å². The number of amides is 1. The third-order valence-electron chi connectivity index (χ3n) is 3.51. The van der Waals surface area contributed by atoms with Gasteiger partial charge in [-0.2, -0.15) is 0 Å². The summed E-state index contributed by atoms with van der Waals surface area (Å²) in [6, 6.07) is 13.8. The molecule has 0 unspecified atom stereocenters. The Morgan fingerprint density at radius 3 is 2.54 bits per heavy atom. The molecule has 2 rings (SSSR count). The molecule has 0 aliphatic rings. The van der Waals surface area contributed by atoms with Gasteiger partial charge in [0.1, 0.15) is 11.4 Å². The third kappa shape index (κ3) is 4.22. The molecule has 24 heavy (non-hydrogen) atoms. The van der Waals surface area contributed by atoms with E-state index in [0.717, 1.165) is 5.69 Å². The van der Waals surface area contributed by atoms with Crippen LogP contribution in [-0.2, 0) is 4.79 Å².